The summed E-state index contributed by atoms with van der Waals surface area (Å²) in [6.07, 6.45) is 1.93. The van der Waals surface area contributed by atoms with Gasteiger partial charge in [0.1, 0.15) is 0 Å². The molecule has 0 aromatic carbocycles. The predicted octanol–water partition coefficient (Wildman–Crippen LogP) is 3.89. The Morgan fingerprint density at radius 1 is 1.32 bits per heavy atom. The normalized spacial score (nSPS) is 18.6. The fraction of sp³-hybridized carbons (Fsp3) is 0.800. The minimum atomic E-state index is -4.40. The van der Waals surface area contributed by atoms with Gasteiger partial charge in [-0.3, -0.25) is 0 Å². The monoisotopic (exact) mass is 336 g/mol. The van der Waals surface area contributed by atoms with Crippen LogP contribution >= 0.6 is 11.3 Å². The van der Waals surface area contributed by atoms with Gasteiger partial charge in [-0.1, -0.05) is 19.3 Å². The van der Waals surface area contributed by atoms with Gasteiger partial charge in [-0.15, -0.1) is 11.3 Å². The molecule has 3 nitrogen and oxygen atoms in total. The Hall–Kier alpha value is -0.660. The molecule has 22 heavy (non-hydrogen) atoms. The molecule has 126 valence electrons. The Morgan fingerprint density at radius 2 is 2.00 bits per heavy atom. The first kappa shape index (κ1) is 17.7. The summed E-state index contributed by atoms with van der Waals surface area (Å²) in [7, 11) is 0. The molecule has 1 aliphatic carbocycles. The number of hydrogen-bond acceptors (Lipinski definition) is 4. The highest BCUT2D eigenvalue weighted by Gasteiger charge is 2.37. The van der Waals surface area contributed by atoms with Crippen LogP contribution in [0.3, 0.4) is 0 Å². The van der Waals surface area contributed by atoms with Crippen molar-refractivity contribution in [1.82, 2.24) is 10.3 Å². The van der Waals surface area contributed by atoms with E-state index < -0.39 is 11.9 Å². The van der Waals surface area contributed by atoms with Crippen LogP contribution < -0.4 is 5.32 Å². The largest absolute Gasteiger partial charge is 0.434 e. The minimum Gasteiger partial charge on any atom is -0.396 e. The van der Waals surface area contributed by atoms with Crippen LogP contribution in [0.25, 0.3) is 0 Å². The van der Waals surface area contributed by atoms with Gasteiger partial charge < -0.3 is 10.4 Å². The van der Waals surface area contributed by atoms with Crippen molar-refractivity contribution in [3.63, 3.8) is 0 Å². The van der Waals surface area contributed by atoms with Crippen molar-refractivity contribution in [1.29, 1.82) is 0 Å². The number of aryl methyl sites for hydroxylation is 1. The van der Waals surface area contributed by atoms with Crippen LogP contribution in [0.1, 0.15) is 54.1 Å². The molecule has 2 rings (SSSR count). The van der Waals surface area contributed by atoms with Gasteiger partial charge >= 0.3 is 6.18 Å². The summed E-state index contributed by atoms with van der Waals surface area (Å²) in [5.74, 6) is 0.448. The summed E-state index contributed by atoms with van der Waals surface area (Å²) in [5, 5.41) is 12.9. The topological polar surface area (TPSA) is 45.2 Å². The third kappa shape index (κ3) is 4.67. The van der Waals surface area contributed by atoms with E-state index in [1.54, 1.807) is 6.92 Å². The van der Waals surface area contributed by atoms with E-state index in [4.69, 9.17) is 0 Å². The zero-order valence-corrected chi connectivity index (χ0v) is 13.6. The van der Waals surface area contributed by atoms with Gasteiger partial charge in [0, 0.05) is 19.2 Å². The standard InChI is InChI=1S/C15H23F3N2OS/c1-10-20-14(15(16,17)18)13(22-10)9-19-12(7-8-21)11-5-3-2-4-6-11/h11-12,19,21H,2-9H2,1H3. The highest BCUT2D eigenvalue weighted by atomic mass is 32.1. The zero-order chi connectivity index (χ0) is 16.2. The molecule has 0 saturated heterocycles. The SMILES string of the molecule is Cc1nc(C(F)(F)F)c(CNC(CCO)C2CCCCC2)s1. The molecule has 1 aromatic heterocycles. The van der Waals surface area contributed by atoms with Gasteiger partial charge in [-0.25, -0.2) is 4.98 Å². The summed E-state index contributed by atoms with van der Waals surface area (Å²) in [5.41, 5.74) is -0.770. The maximum Gasteiger partial charge on any atom is 0.434 e. The first-order valence-electron chi connectivity index (χ1n) is 7.79. The number of nitrogens with one attached hydrogen (secondary N) is 1. The number of aliphatic hydroxyl groups is 1. The average molecular weight is 336 g/mol. The van der Waals surface area contributed by atoms with E-state index in [2.05, 4.69) is 10.3 Å². The van der Waals surface area contributed by atoms with Crippen LogP contribution in [-0.4, -0.2) is 22.7 Å². The Kier molecular flexibility index (Phi) is 6.23. The van der Waals surface area contributed by atoms with Crippen LogP contribution in [0.5, 0.6) is 0 Å². The van der Waals surface area contributed by atoms with Crippen LogP contribution in [0.4, 0.5) is 13.2 Å². The van der Waals surface area contributed by atoms with Crippen LogP contribution in [0.2, 0.25) is 0 Å². The van der Waals surface area contributed by atoms with Gasteiger partial charge in [0.15, 0.2) is 5.69 Å². The molecule has 1 heterocycles. The van der Waals surface area contributed by atoms with Gasteiger partial charge in [-0.2, -0.15) is 13.2 Å². The maximum atomic E-state index is 13.0. The zero-order valence-electron chi connectivity index (χ0n) is 12.7. The number of halogens is 3. The number of nitrogens with zero attached hydrogens (tertiary/aromatic N) is 1. The average Bonchev–Trinajstić information content (AvgIpc) is 2.85. The molecule has 1 atom stereocenters. The summed E-state index contributed by atoms with van der Waals surface area (Å²) in [6.45, 7) is 1.82. The number of hydrogen-bond donors (Lipinski definition) is 2. The molecule has 1 aromatic rings. The van der Waals surface area contributed by atoms with Crippen LogP contribution in [-0.2, 0) is 12.7 Å². The second-order valence-corrected chi connectivity index (χ2v) is 7.19. The van der Waals surface area contributed by atoms with Crippen LogP contribution in [0.15, 0.2) is 0 Å². The molecule has 1 fully saturated rings. The molecule has 7 heteroatoms. The van der Waals surface area contributed by atoms with Crippen molar-refractivity contribution in [2.75, 3.05) is 6.61 Å². The van der Waals surface area contributed by atoms with E-state index in [0.717, 1.165) is 24.2 Å². The minimum absolute atomic E-state index is 0.0576. The second kappa shape index (κ2) is 7.75. The van der Waals surface area contributed by atoms with Crippen molar-refractivity contribution >= 4 is 11.3 Å². The summed E-state index contributed by atoms with van der Waals surface area (Å²) in [4.78, 5) is 3.86. The fourth-order valence-electron chi connectivity index (χ4n) is 3.21. The molecule has 0 radical (unpaired) electrons. The van der Waals surface area contributed by atoms with Crippen molar-refractivity contribution < 1.29 is 18.3 Å². The Morgan fingerprint density at radius 3 is 2.59 bits per heavy atom. The molecule has 2 N–H and O–H groups in total. The smallest absolute Gasteiger partial charge is 0.396 e. The van der Waals surface area contributed by atoms with E-state index >= 15 is 0 Å². The number of thiazole rings is 1. The highest BCUT2D eigenvalue weighted by molar-refractivity contribution is 7.11. The first-order valence-corrected chi connectivity index (χ1v) is 8.61. The quantitative estimate of drug-likeness (QED) is 0.828. The second-order valence-electron chi connectivity index (χ2n) is 5.90. The number of aromatic nitrogens is 1. The molecular formula is C15H23F3N2OS. The van der Waals surface area contributed by atoms with E-state index in [-0.39, 0.29) is 24.1 Å². The Labute approximate surface area is 133 Å². The van der Waals surface area contributed by atoms with Gasteiger partial charge in [0.2, 0.25) is 0 Å². The van der Waals surface area contributed by atoms with Gasteiger partial charge in [-0.05, 0) is 32.1 Å². The van der Waals surface area contributed by atoms with Gasteiger partial charge in [0.05, 0.1) is 9.88 Å². The number of alkyl halides is 3. The van der Waals surface area contributed by atoms with Crippen molar-refractivity contribution in [3.8, 4) is 0 Å². The first-order chi connectivity index (χ1) is 10.4. The lowest BCUT2D eigenvalue weighted by Gasteiger charge is -2.30. The molecule has 1 saturated carbocycles. The summed E-state index contributed by atoms with van der Waals surface area (Å²) >= 11 is 1.09. The van der Waals surface area contributed by atoms with E-state index in [9.17, 15) is 18.3 Å². The third-order valence-corrected chi connectivity index (χ3v) is 5.23. The van der Waals surface area contributed by atoms with Crippen LogP contribution in [0, 0.1) is 12.8 Å². The Bertz CT molecular complexity index is 470. The lowest BCUT2D eigenvalue weighted by molar-refractivity contribution is -0.141. The highest BCUT2D eigenvalue weighted by Crippen LogP contribution is 2.34. The number of rotatable bonds is 6. The van der Waals surface area contributed by atoms with Crippen molar-refractivity contribution in [2.45, 2.75) is 64.2 Å². The molecule has 0 aliphatic heterocycles. The maximum absolute atomic E-state index is 13.0. The van der Waals surface area contributed by atoms with E-state index in [1.807, 2.05) is 0 Å². The summed E-state index contributed by atoms with van der Waals surface area (Å²) in [6, 6.07) is 0.0776. The number of aliphatic hydroxyl groups excluding tert-OH is 1. The van der Waals surface area contributed by atoms with Gasteiger partial charge in [0.25, 0.3) is 0 Å². The van der Waals surface area contributed by atoms with Crippen molar-refractivity contribution in [2.24, 2.45) is 5.92 Å². The molecule has 1 unspecified atom stereocenters. The third-order valence-electron chi connectivity index (χ3n) is 4.26. The molecule has 0 amide bonds. The lowest BCUT2D eigenvalue weighted by Crippen LogP contribution is -2.37. The lowest BCUT2D eigenvalue weighted by atomic mass is 9.83. The molecule has 1 aliphatic rings. The van der Waals surface area contributed by atoms with E-state index in [1.165, 1.54) is 19.3 Å². The Balaban J connectivity index is 2.03. The molecular weight excluding hydrogens is 313 g/mol. The fourth-order valence-corrected chi connectivity index (χ4v) is 4.12. The van der Waals surface area contributed by atoms with Crippen molar-refractivity contribution in [3.05, 3.63) is 15.6 Å². The molecule has 0 bridgehead atoms. The molecule has 0 spiro atoms. The predicted molar refractivity (Wildman–Crippen MR) is 80.8 cm³/mol. The summed E-state index contributed by atoms with van der Waals surface area (Å²) < 4.78 is 38.9. The van der Waals surface area contributed by atoms with E-state index in [0.29, 0.717) is 17.3 Å².